The first-order valence-corrected chi connectivity index (χ1v) is 10.8. The van der Waals surface area contributed by atoms with E-state index in [1.54, 1.807) is 0 Å². The Morgan fingerprint density at radius 3 is 1.78 bits per heavy atom. The fourth-order valence-corrected chi connectivity index (χ4v) is 3.69. The zero-order chi connectivity index (χ0) is 23.9. The highest BCUT2D eigenvalue weighted by Gasteiger charge is 2.38. The van der Waals surface area contributed by atoms with Crippen LogP contribution in [0.4, 0.5) is 26.3 Å². The molecule has 0 atom stereocenters. The molecule has 0 saturated heterocycles. The maximum atomic E-state index is 13.9. The van der Waals surface area contributed by atoms with Gasteiger partial charge < -0.3 is 4.74 Å². The molecule has 3 aromatic rings. The van der Waals surface area contributed by atoms with Gasteiger partial charge in [0.05, 0.1) is 17.6 Å². The van der Waals surface area contributed by atoms with Crippen LogP contribution in [0.25, 0.3) is 22.3 Å². The van der Waals surface area contributed by atoms with E-state index in [0.29, 0.717) is 12.1 Å². The van der Waals surface area contributed by atoms with Crippen LogP contribution in [-0.4, -0.2) is 26.8 Å². The molecule has 32 heavy (non-hydrogen) atoms. The lowest BCUT2D eigenvalue weighted by molar-refractivity contribution is -0.141. The van der Waals surface area contributed by atoms with Crippen LogP contribution >= 0.6 is 0 Å². The Kier molecular flexibility index (Phi) is 5.98. The third-order valence-corrected chi connectivity index (χ3v) is 5.70. The van der Waals surface area contributed by atoms with Gasteiger partial charge in [-0.2, -0.15) is 26.3 Å². The number of nitrogens with zero attached hydrogens (tertiary/aromatic N) is 1. The van der Waals surface area contributed by atoms with E-state index in [-0.39, 0.29) is 27.5 Å². The molecule has 11 heteroatoms. The number of pyridine rings is 1. The monoisotopic (exact) mass is 475 g/mol. The van der Waals surface area contributed by atoms with Crippen molar-refractivity contribution in [3.8, 4) is 28.1 Å². The summed E-state index contributed by atoms with van der Waals surface area (Å²) in [6.07, 6.45) is -8.63. The standard InChI is InChI=1S/C21H15F6NO3S/c1-31-17-11-16(12-5-9-15(10-6-12)32(2,29)30)18(19(28-17)21(25,26)27)13-3-7-14(8-4-13)20(22,23)24/h3-11H,1-2H3. The van der Waals surface area contributed by atoms with E-state index in [1.165, 1.54) is 30.3 Å². The largest absolute Gasteiger partial charge is 0.481 e. The van der Waals surface area contributed by atoms with Gasteiger partial charge in [-0.15, -0.1) is 0 Å². The van der Waals surface area contributed by atoms with Gasteiger partial charge in [0.1, 0.15) is 0 Å². The number of alkyl halides is 6. The van der Waals surface area contributed by atoms with Gasteiger partial charge in [-0.1, -0.05) is 24.3 Å². The predicted molar refractivity (Wildman–Crippen MR) is 105 cm³/mol. The molecule has 1 aromatic heterocycles. The minimum Gasteiger partial charge on any atom is -0.481 e. The third-order valence-electron chi connectivity index (χ3n) is 4.57. The van der Waals surface area contributed by atoms with E-state index in [1.807, 2.05) is 0 Å². The summed E-state index contributed by atoms with van der Waals surface area (Å²) in [7, 11) is -2.43. The lowest BCUT2D eigenvalue weighted by Gasteiger charge is -2.19. The van der Waals surface area contributed by atoms with Gasteiger partial charge >= 0.3 is 12.4 Å². The minimum absolute atomic E-state index is 0.0380. The topological polar surface area (TPSA) is 56.3 Å². The molecule has 0 fully saturated rings. The van der Waals surface area contributed by atoms with Crippen LogP contribution in [0, 0.1) is 0 Å². The van der Waals surface area contributed by atoms with E-state index in [0.717, 1.165) is 25.5 Å². The lowest BCUT2D eigenvalue weighted by Crippen LogP contribution is -2.12. The van der Waals surface area contributed by atoms with E-state index < -0.39 is 39.0 Å². The summed E-state index contributed by atoms with van der Waals surface area (Å²) in [5, 5.41) is 0. The quantitative estimate of drug-likeness (QED) is 0.443. The van der Waals surface area contributed by atoms with Gasteiger partial charge in [-0.3, -0.25) is 0 Å². The SMILES string of the molecule is COc1cc(-c2ccc(S(C)(=O)=O)cc2)c(-c2ccc(C(F)(F)F)cc2)c(C(F)(F)F)n1. The number of halogens is 6. The number of aromatic nitrogens is 1. The first-order valence-electron chi connectivity index (χ1n) is 8.86. The smallest absolute Gasteiger partial charge is 0.434 e. The van der Waals surface area contributed by atoms with Gasteiger partial charge in [-0.05, 0) is 41.0 Å². The molecule has 0 N–H and O–H groups in total. The average molecular weight is 475 g/mol. The molecule has 170 valence electrons. The molecular weight excluding hydrogens is 460 g/mol. The summed E-state index contributed by atoms with van der Waals surface area (Å²) in [4.78, 5) is 3.44. The van der Waals surface area contributed by atoms with Crippen molar-refractivity contribution in [3.63, 3.8) is 0 Å². The zero-order valence-electron chi connectivity index (χ0n) is 16.5. The number of rotatable bonds is 4. The number of ether oxygens (including phenoxy) is 1. The third kappa shape index (κ3) is 4.87. The Hall–Kier alpha value is -3.08. The molecule has 0 aliphatic heterocycles. The molecule has 0 radical (unpaired) electrons. The summed E-state index contributed by atoms with van der Waals surface area (Å²) >= 11 is 0. The highest BCUT2D eigenvalue weighted by atomic mass is 32.2. The molecule has 0 saturated carbocycles. The summed E-state index contributed by atoms with van der Waals surface area (Å²) < 4.78 is 109. The predicted octanol–water partition coefficient (Wildman–Crippen LogP) is 5.87. The fourth-order valence-electron chi connectivity index (χ4n) is 3.06. The molecule has 0 spiro atoms. The maximum Gasteiger partial charge on any atom is 0.434 e. The summed E-state index contributed by atoms with van der Waals surface area (Å²) in [6.45, 7) is 0. The van der Waals surface area contributed by atoms with Crippen LogP contribution in [0.5, 0.6) is 5.88 Å². The Morgan fingerprint density at radius 2 is 1.34 bits per heavy atom. The second-order valence-corrected chi connectivity index (χ2v) is 8.82. The van der Waals surface area contributed by atoms with Crippen LogP contribution in [-0.2, 0) is 22.2 Å². The molecule has 2 aromatic carbocycles. The van der Waals surface area contributed by atoms with Crippen LogP contribution in [0.3, 0.4) is 0 Å². The minimum atomic E-state index is -4.95. The van der Waals surface area contributed by atoms with Crippen molar-refractivity contribution in [2.75, 3.05) is 13.4 Å². The number of hydrogen-bond donors (Lipinski definition) is 0. The summed E-state index contributed by atoms with van der Waals surface area (Å²) in [6, 6.07) is 9.47. The molecule has 4 nitrogen and oxygen atoms in total. The fraction of sp³-hybridized carbons (Fsp3) is 0.190. The Bertz CT molecular complexity index is 1230. The van der Waals surface area contributed by atoms with E-state index >= 15 is 0 Å². The Labute approximate surface area is 179 Å². The highest BCUT2D eigenvalue weighted by Crippen LogP contribution is 2.44. The van der Waals surface area contributed by atoms with Gasteiger partial charge in [0.2, 0.25) is 5.88 Å². The van der Waals surface area contributed by atoms with Crippen LogP contribution in [0.2, 0.25) is 0 Å². The maximum absolute atomic E-state index is 13.9. The zero-order valence-corrected chi connectivity index (χ0v) is 17.4. The van der Waals surface area contributed by atoms with Crippen LogP contribution in [0.15, 0.2) is 59.5 Å². The molecule has 0 aliphatic rings. The van der Waals surface area contributed by atoms with Crippen molar-refractivity contribution >= 4 is 9.84 Å². The molecule has 0 amide bonds. The van der Waals surface area contributed by atoms with Gasteiger partial charge in [0.15, 0.2) is 15.5 Å². The van der Waals surface area contributed by atoms with Crippen LogP contribution < -0.4 is 4.74 Å². The van der Waals surface area contributed by atoms with E-state index in [4.69, 9.17) is 4.74 Å². The van der Waals surface area contributed by atoms with Gasteiger partial charge in [0, 0.05) is 17.9 Å². The van der Waals surface area contributed by atoms with Crippen molar-refractivity contribution in [3.05, 3.63) is 65.9 Å². The van der Waals surface area contributed by atoms with Crippen molar-refractivity contribution < 1.29 is 39.5 Å². The summed E-state index contributed by atoms with van der Waals surface area (Å²) in [5.41, 5.74) is -2.82. The summed E-state index contributed by atoms with van der Waals surface area (Å²) in [5.74, 6) is -0.366. The molecular formula is C21H15F6NO3S. The van der Waals surface area contributed by atoms with Crippen molar-refractivity contribution in [2.24, 2.45) is 0 Å². The second kappa shape index (κ2) is 8.12. The average Bonchev–Trinajstić information content (AvgIpc) is 2.71. The van der Waals surface area contributed by atoms with Crippen molar-refractivity contribution in [2.45, 2.75) is 17.2 Å². The molecule has 1 heterocycles. The molecule has 0 bridgehead atoms. The second-order valence-electron chi connectivity index (χ2n) is 6.81. The van der Waals surface area contributed by atoms with Gasteiger partial charge in [0.25, 0.3) is 0 Å². The van der Waals surface area contributed by atoms with Crippen molar-refractivity contribution in [1.29, 1.82) is 0 Å². The van der Waals surface area contributed by atoms with E-state index in [9.17, 15) is 34.8 Å². The van der Waals surface area contributed by atoms with Crippen molar-refractivity contribution in [1.82, 2.24) is 4.98 Å². The number of methoxy groups -OCH3 is 1. The van der Waals surface area contributed by atoms with E-state index in [2.05, 4.69) is 4.98 Å². The lowest BCUT2D eigenvalue weighted by atomic mass is 9.92. The molecule has 0 aliphatic carbocycles. The Morgan fingerprint density at radius 1 is 0.812 bits per heavy atom. The molecule has 3 rings (SSSR count). The number of benzene rings is 2. The first kappa shape index (κ1) is 23.6. The normalized spacial score (nSPS) is 12.6. The number of hydrogen-bond acceptors (Lipinski definition) is 4. The Balaban J connectivity index is 2.31. The van der Waals surface area contributed by atoms with Gasteiger partial charge in [-0.25, -0.2) is 13.4 Å². The highest BCUT2D eigenvalue weighted by molar-refractivity contribution is 7.90. The molecule has 0 unspecified atom stereocenters. The first-order chi connectivity index (χ1) is 14.7. The number of sulfone groups is 1. The van der Waals surface area contributed by atoms with Crippen LogP contribution in [0.1, 0.15) is 11.3 Å².